The van der Waals surface area contributed by atoms with Crippen molar-refractivity contribution >= 4 is 23.0 Å². The molecule has 1 heterocycles. The Kier molecular flexibility index (Phi) is 3.84. The number of hydrogen-bond acceptors (Lipinski definition) is 3. The molecule has 2 N–H and O–H groups in total. The number of fused-ring (bicyclic) bond motifs is 1. The quantitative estimate of drug-likeness (QED) is 0.854. The Labute approximate surface area is 134 Å². The summed E-state index contributed by atoms with van der Waals surface area (Å²) in [4.78, 5) is 24.4. The maximum atomic E-state index is 12.3. The van der Waals surface area contributed by atoms with E-state index in [2.05, 4.69) is 5.32 Å². The Morgan fingerprint density at radius 1 is 1.13 bits per heavy atom. The number of benzene rings is 2. The zero-order valence-corrected chi connectivity index (χ0v) is 12.7. The Bertz CT molecular complexity index is 795. The van der Waals surface area contributed by atoms with E-state index in [1.54, 1.807) is 24.3 Å². The summed E-state index contributed by atoms with van der Waals surface area (Å²) < 4.78 is 0. The van der Waals surface area contributed by atoms with Gasteiger partial charge in [0, 0.05) is 11.3 Å². The third-order valence-electron chi connectivity index (χ3n) is 4.03. The fraction of sp³-hybridized carbons (Fsp3) is 0.158. The van der Waals surface area contributed by atoms with Gasteiger partial charge in [-0.2, -0.15) is 0 Å². The van der Waals surface area contributed by atoms with Crippen molar-refractivity contribution in [2.24, 2.45) is 0 Å². The van der Waals surface area contributed by atoms with E-state index >= 15 is 0 Å². The molecule has 1 aliphatic rings. The number of amides is 1. The number of carbonyl (C=O) groups is 2. The first kappa shape index (κ1) is 15.2. The summed E-state index contributed by atoms with van der Waals surface area (Å²) in [6, 6.07) is 16.4. The molecule has 1 aliphatic heterocycles. The maximum absolute atomic E-state index is 12.3. The van der Waals surface area contributed by atoms with Crippen LogP contribution < -0.4 is 5.32 Å². The number of para-hydroxylation sites is 1. The predicted octanol–water partition coefficient (Wildman–Crippen LogP) is 2.89. The second-order valence-corrected chi connectivity index (χ2v) is 5.70. The molecule has 1 atom stereocenters. The van der Waals surface area contributed by atoms with Crippen LogP contribution in [0.2, 0.25) is 0 Å². The lowest BCUT2D eigenvalue weighted by Gasteiger charge is -2.19. The number of anilines is 1. The Morgan fingerprint density at radius 2 is 1.78 bits per heavy atom. The van der Waals surface area contributed by atoms with Gasteiger partial charge in [0.25, 0.3) is 5.91 Å². The third kappa shape index (κ3) is 2.81. The van der Waals surface area contributed by atoms with E-state index in [4.69, 9.17) is 0 Å². The van der Waals surface area contributed by atoms with Gasteiger partial charge >= 0.3 is 0 Å². The summed E-state index contributed by atoms with van der Waals surface area (Å²) >= 11 is 0. The summed E-state index contributed by atoms with van der Waals surface area (Å²) in [6.07, 6.45) is 1.20. The van der Waals surface area contributed by atoms with Crippen LogP contribution in [0.5, 0.6) is 0 Å². The molecule has 0 spiro atoms. The molecule has 3 rings (SSSR count). The van der Waals surface area contributed by atoms with Crippen LogP contribution in [0.1, 0.15) is 24.5 Å². The van der Waals surface area contributed by atoms with Crippen molar-refractivity contribution in [3.05, 3.63) is 71.8 Å². The lowest BCUT2D eigenvalue weighted by Crippen LogP contribution is -2.36. The van der Waals surface area contributed by atoms with Gasteiger partial charge in [-0.15, -0.1) is 0 Å². The summed E-state index contributed by atoms with van der Waals surface area (Å²) in [7, 11) is 0. The van der Waals surface area contributed by atoms with Gasteiger partial charge in [0.1, 0.15) is 0 Å². The van der Waals surface area contributed by atoms with Crippen molar-refractivity contribution in [2.45, 2.75) is 18.9 Å². The average Bonchev–Trinajstić information content (AvgIpc) is 2.79. The van der Waals surface area contributed by atoms with Gasteiger partial charge in [-0.05, 0) is 30.2 Å². The first-order chi connectivity index (χ1) is 11.0. The fourth-order valence-electron chi connectivity index (χ4n) is 2.81. The van der Waals surface area contributed by atoms with E-state index in [9.17, 15) is 14.7 Å². The van der Waals surface area contributed by atoms with Gasteiger partial charge in [0.2, 0.25) is 0 Å². The first-order valence-electron chi connectivity index (χ1n) is 7.40. The molecule has 0 bridgehead atoms. The topological polar surface area (TPSA) is 66.4 Å². The Hall–Kier alpha value is -2.72. The molecular weight excluding hydrogens is 290 g/mol. The third-order valence-corrected chi connectivity index (χ3v) is 4.03. The van der Waals surface area contributed by atoms with Gasteiger partial charge in [-0.1, -0.05) is 48.5 Å². The first-order valence-corrected chi connectivity index (χ1v) is 7.40. The highest BCUT2D eigenvalue weighted by atomic mass is 16.3. The minimum atomic E-state index is -1.80. The molecule has 23 heavy (non-hydrogen) atoms. The van der Waals surface area contributed by atoms with Crippen molar-refractivity contribution < 1.29 is 14.7 Å². The Balaban J connectivity index is 1.84. The number of allylic oxidation sites excluding steroid dienone is 2. The molecule has 0 fully saturated rings. The standard InChI is InChI=1S/C19H17NO3/c1-13(14-7-3-2-4-8-14)11-15(21)12-19(23)16-9-5-6-10-17(16)20-18(19)22/h2-11,23H,12H2,1H3,(H,20,22)/b13-11+. The van der Waals surface area contributed by atoms with Crippen LogP contribution in [-0.2, 0) is 15.2 Å². The maximum Gasteiger partial charge on any atom is 0.261 e. The molecule has 0 aliphatic carbocycles. The highest BCUT2D eigenvalue weighted by molar-refractivity contribution is 6.09. The van der Waals surface area contributed by atoms with Crippen LogP contribution in [0.15, 0.2) is 60.7 Å². The van der Waals surface area contributed by atoms with E-state index < -0.39 is 11.5 Å². The molecule has 1 unspecified atom stereocenters. The van der Waals surface area contributed by atoms with Crippen molar-refractivity contribution in [3.63, 3.8) is 0 Å². The second kappa shape index (κ2) is 5.82. The smallest absolute Gasteiger partial charge is 0.261 e. The molecule has 0 aromatic heterocycles. The van der Waals surface area contributed by atoms with Crippen molar-refractivity contribution in [3.8, 4) is 0 Å². The number of ketones is 1. The van der Waals surface area contributed by atoms with E-state index in [0.717, 1.165) is 11.1 Å². The van der Waals surface area contributed by atoms with Crippen LogP contribution in [0.4, 0.5) is 5.69 Å². The molecule has 0 saturated carbocycles. The monoisotopic (exact) mass is 307 g/mol. The van der Waals surface area contributed by atoms with Gasteiger partial charge in [-0.25, -0.2) is 0 Å². The van der Waals surface area contributed by atoms with Crippen molar-refractivity contribution in [1.82, 2.24) is 0 Å². The molecule has 4 nitrogen and oxygen atoms in total. The van der Waals surface area contributed by atoms with Crippen molar-refractivity contribution in [1.29, 1.82) is 0 Å². The SMILES string of the molecule is C/C(=C\C(=O)CC1(O)C(=O)Nc2ccccc21)c1ccccc1. The number of aliphatic hydroxyl groups is 1. The van der Waals surface area contributed by atoms with Crippen LogP contribution in [-0.4, -0.2) is 16.8 Å². The summed E-state index contributed by atoms with van der Waals surface area (Å²) in [6.45, 7) is 1.83. The van der Waals surface area contributed by atoms with Crippen LogP contribution in [0.25, 0.3) is 5.57 Å². The lowest BCUT2D eigenvalue weighted by atomic mass is 9.89. The van der Waals surface area contributed by atoms with Gasteiger partial charge < -0.3 is 10.4 Å². The minimum absolute atomic E-state index is 0.278. The molecule has 0 saturated heterocycles. The van der Waals surface area contributed by atoms with E-state index in [1.165, 1.54) is 6.08 Å². The molecule has 116 valence electrons. The number of rotatable bonds is 4. The fourth-order valence-corrected chi connectivity index (χ4v) is 2.81. The highest BCUT2D eigenvalue weighted by Crippen LogP contribution is 2.38. The molecule has 4 heteroatoms. The zero-order valence-electron chi connectivity index (χ0n) is 12.7. The predicted molar refractivity (Wildman–Crippen MR) is 88.7 cm³/mol. The highest BCUT2D eigenvalue weighted by Gasteiger charge is 2.46. The van der Waals surface area contributed by atoms with Crippen LogP contribution in [0.3, 0.4) is 0 Å². The summed E-state index contributed by atoms with van der Waals surface area (Å²) in [5.41, 5.74) is 0.928. The summed E-state index contributed by atoms with van der Waals surface area (Å²) in [5, 5.41) is 13.3. The average molecular weight is 307 g/mol. The van der Waals surface area contributed by atoms with Crippen LogP contribution >= 0.6 is 0 Å². The zero-order chi connectivity index (χ0) is 16.4. The van der Waals surface area contributed by atoms with E-state index in [-0.39, 0.29) is 12.2 Å². The largest absolute Gasteiger partial charge is 0.375 e. The normalized spacial score (nSPS) is 20.1. The van der Waals surface area contributed by atoms with Gasteiger partial charge in [0.05, 0.1) is 6.42 Å². The van der Waals surface area contributed by atoms with Crippen LogP contribution in [0, 0.1) is 0 Å². The number of hydrogen-bond donors (Lipinski definition) is 2. The molecule has 2 aromatic carbocycles. The number of carbonyl (C=O) groups excluding carboxylic acids is 2. The number of nitrogens with one attached hydrogen (secondary N) is 1. The second-order valence-electron chi connectivity index (χ2n) is 5.70. The summed E-state index contributed by atoms with van der Waals surface area (Å²) in [5.74, 6) is -0.849. The lowest BCUT2D eigenvalue weighted by molar-refractivity contribution is -0.138. The molecular formula is C19H17NO3. The molecule has 2 aromatic rings. The van der Waals surface area contributed by atoms with Crippen molar-refractivity contribution in [2.75, 3.05) is 5.32 Å². The van der Waals surface area contributed by atoms with Gasteiger partial charge in [0.15, 0.2) is 11.4 Å². The molecule has 1 amide bonds. The minimum Gasteiger partial charge on any atom is -0.375 e. The van der Waals surface area contributed by atoms with E-state index in [0.29, 0.717) is 11.3 Å². The Morgan fingerprint density at radius 3 is 2.52 bits per heavy atom. The van der Waals surface area contributed by atoms with Gasteiger partial charge in [-0.3, -0.25) is 9.59 Å². The van der Waals surface area contributed by atoms with E-state index in [1.807, 2.05) is 37.3 Å². The molecule has 0 radical (unpaired) electrons.